The van der Waals surface area contributed by atoms with Crippen LogP contribution >= 0.6 is 15.9 Å². The molecule has 2 aliphatic rings. The fourth-order valence-electron chi connectivity index (χ4n) is 2.29. The van der Waals surface area contributed by atoms with Gasteiger partial charge in [-0.25, -0.2) is 0 Å². The molecule has 1 heterocycles. The van der Waals surface area contributed by atoms with Crippen LogP contribution < -0.4 is 9.64 Å². The summed E-state index contributed by atoms with van der Waals surface area (Å²) in [5, 5.41) is 0. The van der Waals surface area contributed by atoms with Gasteiger partial charge < -0.3 is 9.64 Å². The second kappa shape index (κ2) is 3.14. The summed E-state index contributed by atoms with van der Waals surface area (Å²) in [4.78, 5) is 2.43. The first-order valence-corrected chi connectivity index (χ1v) is 6.10. The van der Waals surface area contributed by atoms with Crippen LogP contribution in [0.2, 0.25) is 0 Å². The van der Waals surface area contributed by atoms with Crippen molar-refractivity contribution in [2.75, 3.05) is 25.1 Å². The Labute approximate surface area is 98.4 Å². The summed E-state index contributed by atoms with van der Waals surface area (Å²) in [6, 6.07) is 6.16. The number of rotatable bonds is 2. The molecule has 3 heteroatoms. The minimum absolute atomic E-state index is 0.697. The normalized spacial score (nSPS) is 21.3. The van der Waals surface area contributed by atoms with E-state index in [9.17, 15) is 0 Å². The highest BCUT2D eigenvalue weighted by atomic mass is 79.9. The highest BCUT2D eigenvalue weighted by Crippen LogP contribution is 2.54. The van der Waals surface area contributed by atoms with Gasteiger partial charge in [-0.15, -0.1) is 0 Å². The molecule has 0 unspecified atom stereocenters. The van der Waals surface area contributed by atoms with Crippen LogP contribution in [0.25, 0.3) is 0 Å². The first kappa shape index (κ1) is 9.52. The second-order valence-electron chi connectivity index (χ2n) is 4.67. The zero-order valence-corrected chi connectivity index (χ0v) is 10.4. The zero-order valence-electron chi connectivity index (χ0n) is 8.79. The van der Waals surface area contributed by atoms with Crippen LogP contribution in [-0.4, -0.2) is 20.2 Å². The molecular formula is C12H14BrNO. The summed E-state index contributed by atoms with van der Waals surface area (Å²) in [5.41, 5.74) is 1.97. The molecule has 2 fully saturated rings. The van der Waals surface area contributed by atoms with Gasteiger partial charge in [0.05, 0.1) is 12.8 Å². The average Bonchev–Trinajstić information content (AvgIpc) is 2.96. The molecule has 15 heavy (non-hydrogen) atoms. The summed E-state index contributed by atoms with van der Waals surface area (Å²) in [6.07, 6.45) is 2.84. The van der Waals surface area contributed by atoms with E-state index in [1.807, 2.05) is 6.07 Å². The Balaban J connectivity index is 1.84. The molecule has 1 aromatic rings. The van der Waals surface area contributed by atoms with E-state index in [1.54, 1.807) is 7.11 Å². The molecule has 2 nitrogen and oxygen atoms in total. The van der Waals surface area contributed by atoms with Gasteiger partial charge in [-0.3, -0.25) is 0 Å². The molecule has 0 aromatic heterocycles. The maximum absolute atomic E-state index is 5.25. The van der Waals surface area contributed by atoms with E-state index in [-0.39, 0.29) is 0 Å². The van der Waals surface area contributed by atoms with E-state index in [1.165, 1.54) is 36.1 Å². The van der Waals surface area contributed by atoms with Gasteiger partial charge >= 0.3 is 0 Å². The Kier molecular flexibility index (Phi) is 2.00. The summed E-state index contributed by atoms with van der Waals surface area (Å²) >= 11 is 3.60. The maximum Gasteiger partial charge on any atom is 0.121 e. The third-order valence-corrected chi connectivity index (χ3v) is 4.17. The number of benzene rings is 1. The molecule has 1 saturated heterocycles. The predicted octanol–water partition coefficient (Wildman–Crippen LogP) is 3.06. The maximum atomic E-state index is 5.25. The van der Waals surface area contributed by atoms with Gasteiger partial charge in [0.25, 0.3) is 0 Å². The average molecular weight is 268 g/mol. The Morgan fingerprint density at radius 1 is 1.33 bits per heavy atom. The van der Waals surface area contributed by atoms with Gasteiger partial charge in [0.2, 0.25) is 0 Å². The third-order valence-electron chi connectivity index (χ3n) is 3.50. The number of hydrogen-bond donors (Lipinski definition) is 0. The lowest BCUT2D eigenvalue weighted by Gasteiger charge is -2.42. The van der Waals surface area contributed by atoms with Crippen LogP contribution in [0.1, 0.15) is 12.8 Å². The Bertz CT molecular complexity index is 393. The van der Waals surface area contributed by atoms with Gasteiger partial charge in [0, 0.05) is 29.0 Å². The van der Waals surface area contributed by atoms with Crippen LogP contribution in [0.4, 0.5) is 5.69 Å². The molecule has 1 saturated carbocycles. The van der Waals surface area contributed by atoms with E-state index in [0.717, 1.165) is 5.75 Å². The van der Waals surface area contributed by atoms with Crippen LogP contribution in [0.15, 0.2) is 22.7 Å². The van der Waals surface area contributed by atoms with Crippen molar-refractivity contribution in [3.05, 3.63) is 22.7 Å². The van der Waals surface area contributed by atoms with Gasteiger partial charge in [-0.1, -0.05) is 0 Å². The molecule has 0 amide bonds. The van der Waals surface area contributed by atoms with Crippen molar-refractivity contribution in [2.24, 2.45) is 5.41 Å². The van der Waals surface area contributed by atoms with Crippen LogP contribution in [-0.2, 0) is 0 Å². The number of ether oxygens (including phenoxy) is 1. The molecule has 3 rings (SSSR count). The van der Waals surface area contributed by atoms with E-state index in [2.05, 4.69) is 33.0 Å². The Hall–Kier alpha value is -0.700. The van der Waals surface area contributed by atoms with Crippen molar-refractivity contribution in [1.82, 2.24) is 0 Å². The molecule has 80 valence electrons. The van der Waals surface area contributed by atoms with Crippen molar-refractivity contribution in [3.8, 4) is 5.75 Å². The molecule has 1 aromatic carbocycles. The van der Waals surface area contributed by atoms with Gasteiger partial charge in [0.15, 0.2) is 0 Å². The van der Waals surface area contributed by atoms with Crippen molar-refractivity contribution in [3.63, 3.8) is 0 Å². The highest BCUT2D eigenvalue weighted by molar-refractivity contribution is 9.10. The lowest BCUT2D eigenvalue weighted by atomic mass is 9.96. The number of nitrogens with zero attached hydrogens (tertiary/aromatic N) is 1. The fourth-order valence-corrected chi connectivity index (χ4v) is 2.79. The monoisotopic (exact) mass is 267 g/mol. The van der Waals surface area contributed by atoms with Crippen LogP contribution in [0.3, 0.4) is 0 Å². The second-order valence-corrected chi connectivity index (χ2v) is 5.53. The zero-order chi connectivity index (χ0) is 10.5. The minimum Gasteiger partial charge on any atom is -0.497 e. The minimum atomic E-state index is 0.697. The van der Waals surface area contributed by atoms with Gasteiger partial charge in [-0.2, -0.15) is 0 Å². The third kappa shape index (κ3) is 1.53. The molecule has 1 aliphatic heterocycles. The van der Waals surface area contributed by atoms with Crippen molar-refractivity contribution in [1.29, 1.82) is 0 Å². The first-order valence-electron chi connectivity index (χ1n) is 5.31. The molecule has 1 aliphatic carbocycles. The summed E-state index contributed by atoms with van der Waals surface area (Å²) in [7, 11) is 1.71. The molecule has 1 spiro atoms. The van der Waals surface area contributed by atoms with E-state index < -0.39 is 0 Å². The molecule has 0 radical (unpaired) electrons. The van der Waals surface area contributed by atoms with Crippen molar-refractivity contribution in [2.45, 2.75) is 12.8 Å². The Morgan fingerprint density at radius 2 is 2.07 bits per heavy atom. The van der Waals surface area contributed by atoms with E-state index in [0.29, 0.717) is 5.41 Å². The van der Waals surface area contributed by atoms with Crippen molar-refractivity contribution >= 4 is 21.6 Å². The number of hydrogen-bond acceptors (Lipinski definition) is 2. The van der Waals surface area contributed by atoms with Gasteiger partial charge in [-0.05, 0) is 40.9 Å². The smallest absolute Gasteiger partial charge is 0.121 e. The van der Waals surface area contributed by atoms with Crippen molar-refractivity contribution < 1.29 is 4.74 Å². The molecule has 0 atom stereocenters. The predicted molar refractivity (Wildman–Crippen MR) is 64.6 cm³/mol. The van der Waals surface area contributed by atoms with E-state index >= 15 is 0 Å². The van der Waals surface area contributed by atoms with Gasteiger partial charge in [0.1, 0.15) is 5.75 Å². The summed E-state index contributed by atoms with van der Waals surface area (Å²) in [6.45, 7) is 2.44. The lowest BCUT2D eigenvalue weighted by molar-refractivity contribution is 0.384. The van der Waals surface area contributed by atoms with E-state index in [4.69, 9.17) is 4.74 Å². The quantitative estimate of drug-likeness (QED) is 0.817. The molecule has 0 N–H and O–H groups in total. The van der Waals surface area contributed by atoms with Crippen LogP contribution in [0, 0.1) is 5.41 Å². The highest BCUT2D eigenvalue weighted by Gasteiger charge is 2.52. The number of halogens is 1. The Morgan fingerprint density at radius 3 is 2.67 bits per heavy atom. The number of anilines is 1. The first-order chi connectivity index (χ1) is 7.22. The lowest BCUT2D eigenvalue weighted by Crippen LogP contribution is -2.48. The summed E-state index contributed by atoms with van der Waals surface area (Å²) < 4.78 is 6.41. The summed E-state index contributed by atoms with van der Waals surface area (Å²) in [5.74, 6) is 0.935. The van der Waals surface area contributed by atoms with Crippen LogP contribution in [0.5, 0.6) is 5.75 Å². The number of methoxy groups -OCH3 is 1. The standard InChI is InChI=1S/C12H14BrNO/c1-15-9-2-3-10(13)11(6-9)14-7-12(8-14)4-5-12/h2-3,6H,4-5,7-8H2,1H3. The largest absolute Gasteiger partial charge is 0.497 e. The SMILES string of the molecule is COc1ccc(Br)c(N2CC3(CC3)C2)c1. The fraction of sp³-hybridized carbons (Fsp3) is 0.500. The topological polar surface area (TPSA) is 12.5 Å². The molecular weight excluding hydrogens is 254 g/mol. The molecule has 0 bridgehead atoms.